The third kappa shape index (κ3) is 9.62. The smallest absolute Gasteiger partial charge is 0.269 e. The molecule has 0 radical (unpaired) electrons. The predicted molar refractivity (Wildman–Crippen MR) is 132 cm³/mol. The van der Waals surface area contributed by atoms with E-state index in [2.05, 4.69) is 29.2 Å². The molecule has 0 saturated heterocycles. The third-order valence-corrected chi connectivity index (χ3v) is 5.50. The molecule has 0 aromatic heterocycles. The van der Waals surface area contributed by atoms with E-state index in [0.717, 1.165) is 75.6 Å². The van der Waals surface area contributed by atoms with E-state index in [9.17, 15) is 10.1 Å². The molecular weight excluding hydrogens is 404 g/mol. The minimum Gasteiger partial charge on any atom is -0.396 e. The molecule has 2 aromatic rings. The predicted octanol–water partition coefficient (Wildman–Crippen LogP) is 5.68. The summed E-state index contributed by atoms with van der Waals surface area (Å²) >= 11 is 0. The van der Waals surface area contributed by atoms with Gasteiger partial charge in [-0.25, -0.2) is 0 Å². The van der Waals surface area contributed by atoms with Gasteiger partial charge in [0.25, 0.3) is 5.69 Å². The molecule has 0 heterocycles. The number of nitrogens with zero attached hydrogens (tertiary/aromatic N) is 2. The lowest BCUT2D eigenvalue weighted by Crippen LogP contribution is -2.25. The van der Waals surface area contributed by atoms with E-state index in [0.29, 0.717) is 0 Å². The summed E-state index contributed by atoms with van der Waals surface area (Å²) in [6, 6.07) is 15.0. The molecule has 0 unspecified atom stereocenters. The number of unbranched alkanes of at least 4 members (excludes halogenated alkanes) is 6. The van der Waals surface area contributed by atoms with Crippen LogP contribution in [0.3, 0.4) is 0 Å². The van der Waals surface area contributed by atoms with Crippen LogP contribution in [0.1, 0.15) is 62.5 Å². The molecule has 6 nitrogen and oxygen atoms in total. The monoisotopic (exact) mass is 440 g/mol. The normalized spacial score (nSPS) is 11.2. The molecule has 2 aromatic carbocycles. The van der Waals surface area contributed by atoms with Gasteiger partial charge in [0.15, 0.2) is 0 Å². The topological polar surface area (TPSA) is 86.8 Å². The fraction of sp³-hybridized carbons (Fsp3) is 0.462. The molecule has 0 amide bonds. The second-order valence-corrected chi connectivity index (χ2v) is 8.04. The fourth-order valence-corrected chi connectivity index (χ4v) is 3.60. The molecule has 174 valence electrons. The van der Waals surface area contributed by atoms with Gasteiger partial charge in [0.05, 0.1) is 4.92 Å². The highest BCUT2D eigenvalue weighted by Gasteiger charge is 2.07. The number of benzene rings is 2. The number of rotatable bonds is 16. The second kappa shape index (κ2) is 15.2. The molecule has 32 heavy (non-hydrogen) atoms. The number of aliphatic hydroxyl groups excluding tert-OH is 2. The van der Waals surface area contributed by atoms with Crippen LogP contribution in [0, 0.1) is 10.1 Å². The first-order valence-corrected chi connectivity index (χ1v) is 11.6. The summed E-state index contributed by atoms with van der Waals surface area (Å²) in [4.78, 5) is 12.8. The SMILES string of the molecule is O=[N+]([O-])c1ccc(C=Cc2ccc(N(CCCCCCO)CCCCCCO)cc2)cc1. The Kier molecular flexibility index (Phi) is 12.1. The van der Waals surface area contributed by atoms with Crippen molar-refractivity contribution in [2.45, 2.75) is 51.4 Å². The Labute approximate surface area is 191 Å². The van der Waals surface area contributed by atoms with Gasteiger partial charge >= 0.3 is 0 Å². The Hall–Kier alpha value is -2.70. The first kappa shape index (κ1) is 25.6. The fourth-order valence-electron chi connectivity index (χ4n) is 3.60. The maximum absolute atomic E-state index is 10.8. The molecule has 0 fully saturated rings. The van der Waals surface area contributed by atoms with Gasteiger partial charge in [0, 0.05) is 44.1 Å². The maximum atomic E-state index is 10.8. The van der Waals surface area contributed by atoms with E-state index in [4.69, 9.17) is 10.2 Å². The molecule has 2 N–H and O–H groups in total. The summed E-state index contributed by atoms with van der Waals surface area (Å²) in [5.41, 5.74) is 3.31. The molecular formula is C26H36N2O4. The molecule has 0 saturated carbocycles. The lowest BCUT2D eigenvalue weighted by Gasteiger charge is -2.25. The highest BCUT2D eigenvalue weighted by Crippen LogP contribution is 2.20. The van der Waals surface area contributed by atoms with E-state index >= 15 is 0 Å². The average molecular weight is 441 g/mol. The van der Waals surface area contributed by atoms with E-state index < -0.39 is 4.92 Å². The van der Waals surface area contributed by atoms with Crippen molar-refractivity contribution in [3.63, 3.8) is 0 Å². The van der Waals surface area contributed by atoms with Crippen LogP contribution in [-0.2, 0) is 0 Å². The summed E-state index contributed by atoms with van der Waals surface area (Å²) in [7, 11) is 0. The quantitative estimate of drug-likeness (QED) is 0.152. The Morgan fingerprint density at radius 3 is 1.56 bits per heavy atom. The zero-order chi connectivity index (χ0) is 23.0. The van der Waals surface area contributed by atoms with Crippen molar-refractivity contribution in [2.75, 3.05) is 31.2 Å². The minimum atomic E-state index is -0.392. The van der Waals surface area contributed by atoms with Crippen LogP contribution in [-0.4, -0.2) is 41.4 Å². The molecule has 0 aliphatic carbocycles. The Morgan fingerprint density at radius 2 is 1.12 bits per heavy atom. The van der Waals surface area contributed by atoms with Gasteiger partial charge in [-0.2, -0.15) is 0 Å². The Morgan fingerprint density at radius 1 is 0.688 bits per heavy atom. The van der Waals surface area contributed by atoms with E-state index in [1.54, 1.807) is 12.1 Å². The summed E-state index contributed by atoms with van der Waals surface area (Å²) in [6.45, 7) is 2.54. The van der Waals surface area contributed by atoms with Crippen LogP contribution in [0.5, 0.6) is 0 Å². The van der Waals surface area contributed by atoms with Gasteiger partial charge in [-0.1, -0.05) is 50.0 Å². The molecule has 6 heteroatoms. The van der Waals surface area contributed by atoms with Crippen LogP contribution < -0.4 is 4.90 Å². The largest absolute Gasteiger partial charge is 0.396 e. The average Bonchev–Trinajstić information content (AvgIpc) is 2.82. The van der Waals surface area contributed by atoms with Gasteiger partial charge < -0.3 is 15.1 Å². The number of aliphatic hydroxyl groups is 2. The van der Waals surface area contributed by atoms with Crippen molar-refractivity contribution >= 4 is 23.5 Å². The lowest BCUT2D eigenvalue weighted by molar-refractivity contribution is -0.384. The van der Waals surface area contributed by atoms with Crippen LogP contribution >= 0.6 is 0 Å². The molecule has 0 aliphatic rings. The van der Waals surface area contributed by atoms with Crippen molar-refractivity contribution in [2.24, 2.45) is 0 Å². The highest BCUT2D eigenvalue weighted by molar-refractivity contribution is 5.71. The van der Waals surface area contributed by atoms with E-state index in [1.165, 1.54) is 17.8 Å². The number of nitro groups is 1. The van der Waals surface area contributed by atoms with Gasteiger partial charge in [0.1, 0.15) is 0 Å². The molecule has 0 bridgehead atoms. The van der Waals surface area contributed by atoms with E-state index in [1.807, 2.05) is 12.2 Å². The number of anilines is 1. The first-order valence-electron chi connectivity index (χ1n) is 11.6. The molecule has 0 atom stereocenters. The zero-order valence-electron chi connectivity index (χ0n) is 18.9. The molecule has 0 aliphatic heterocycles. The minimum absolute atomic E-state index is 0.0966. The Balaban J connectivity index is 1.95. The van der Waals surface area contributed by atoms with Crippen molar-refractivity contribution in [1.82, 2.24) is 0 Å². The van der Waals surface area contributed by atoms with Crippen molar-refractivity contribution in [3.05, 3.63) is 69.8 Å². The van der Waals surface area contributed by atoms with Crippen LogP contribution in [0.2, 0.25) is 0 Å². The summed E-state index contributed by atoms with van der Waals surface area (Å²) in [5.74, 6) is 0. The van der Waals surface area contributed by atoms with Crippen LogP contribution in [0.15, 0.2) is 48.5 Å². The highest BCUT2D eigenvalue weighted by atomic mass is 16.6. The van der Waals surface area contributed by atoms with Crippen LogP contribution in [0.25, 0.3) is 12.2 Å². The van der Waals surface area contributed by atoms with Gasteiger partial charge in [-0.15, -0.1) is 0 Å². The summed E-state index contributed by atoms with van der Waals surface area (Å²) in [5, 5.41) is 28.7. The number of hydrogen-bond donors (Lipinski definition) is 2. The summed E-state index contributed by atoms with van der Waals surface area (Å²) in [6.07, 6.45) is 12.3. The Bertz CT molecular complexity index is 790. The summed E-state index contributed by atoms with van der Waals surface area (Å²) < 4.78 is 0. The first-order chi connectivity index (χ1) is 15.6. The van der Waals surface area contributed by atoms with Crippen molar-refractivity contribution in [3.8, 4) is 0 Å². The van der Waals surface area contributed by atoms with Crippen molar-refractivity contribution in [1.29, 1.82) is 0 Å². The number of hydrogen-bond acceptors (Lipinski definition) is 5. The standard InChI is InChI=1S/C26H36N2O4/c29-21-7-3-1-5-19-27(20-6-2-4-8-22-30)25-15-11-23(12-16-25)9-10-24-13-17-26(18-14-24)28(31)32/h9-18,29-30H,1-8,19-22H2. The zero-order valence-corrected chi connectivity index (χ0v) is 18.9. The molecule has 0 spiro atoms. The second-order valence-electron chi connectivity index (χ2n) is 8.04. The third-order valence-electron chi connectivity index (χ3n) is 5.50. The molecule has 2 rings (SSSR count). The number of non-ortho nitro benzene ring substituents is 1. The van der Waals surface area contributed by atoms with Gasteiger partial charge in [0.2, 0.25) is 0 Å². The van der Waals surface area contributed by atoms with Crippen LogP contribution in [0.4, 0.5) is 11.4 Å². The maximum Gasteiger partial charge on any atom is 0.269 e. The lowest BCUT2D eigenvalue weighted by atomic mass is 10.1. The van der Waals surface area contributed by atoms with Gasteiger partial charge in [-0.05, 0) is 61.1 Å². The van der Waals surface area contributed by atoms with E-state index in [-0.39, 0.29) is 18.9 Å². The van der Waals surface area contributed by atoms with Gasteiger partial charge in [-0.3, -0.25) is 10.1 Å². The van der Waals surface area contributed by atoms with Crippen molar-refractivity contribution < 1.29 is 15.1 Å². The number of nitro benzene ring substituents is 1.